The van der Waals surface area contributed by atoms with E-state index < -0.39 is 0 Å². The fourth-order valence-corrected chi connectivity index (χ4v) is 1.26. The number of nitrogens with one attached hydrogen (secondary N) is 1. The summed E-state index contributed by atoms with van der Waals surface area (Å²) in [6.07, 6.45) is 3.14. The maximum Gasteiger partial charge on any atom is 0.248 e. The Balaban J connectivity index is 2.95. The first-order chi connectivity index (χ1) is 7.04. The lowest BCUT2D eigenvalue weighted by Gasteiger charge is -2.08. The van der Waals surface area contributed by atoms with Crippen LogP contribution < -0.4 is 5.32 Å². The number of rotatable bonds is 2. The molecule has 1 aromatic carbocycles. The van der Waals surface area contributed by atoms with Gasteiger partial charge in [0.25, 0.3) is 0 Å². The van der Waals surface area contributed by atoms with Gasteiger partial charge in [0.15, 0.2) is 0 Å². The van der Waals surface area contributed by atoms with Gasteiger partial charge in [0.2, 0.25) is 5.91 Å². The van der Waals surface area contributed by atoms with E-state index in [-0.39, 0.29) is 11.7 Å². The fourth-order valence-electron chi connectivity index (χ4n) is 1.26. The van der Waals surface area contributed by atoms with E-state index in [0.29, 0.717) is 0 Å². The molecule has 0 heterocycles. The summed E-state index contributed by atoms with van der Waals surface area (Å²) in [5.74, 6) is 0.0854. The van der Waals surface area contributed by atoms with E-state index in [1.165, 1.54) is 6.08 Å². The molecule has 1 rings (SSSR count). The molecule has 0 saturated heterocycles. The Hall–Kier alpha value is -1.77. The Morgan fingerprint density at radius 3 is 2.60 bits per heavy atom. The fraction of sp³-hybridized carbons (Fsp3) is 0.250. The van der Waals surface area contributed by atoms with E-state index >= 15 is 0 Å². The van der Waals surface area contributed by atoms with Crippen molar-refractivity contribution in [3.63, 3.8) is 0 Å². The molecule has 0 fully saturated rings. The van der Waals surface area contributed by atoms with Crippen molar-refractivity contribution in [2.75, 3.05) is 5.32 Å². The molecule has 0 aliphatic rings. The summed E-state index contributed by atoms with van der Waals surface area (Å²) in [6, 6.07) is 3.40. The third kappa shape index (κ3) is 2.84. The molecular formula is C12H15NO2. The third-order valence-corrected chi connectivity index (χ3v) is 2.12. The molecule has 1 amide bonds. The molecule has 2 N–H and O–H groups in total. The number of phenols is 1. The van der Waals surface area contributed by atoms with Crippen LogP contribution in [-0.2, 0) is 4.79 Å². The quantitative estimate of drug-likeness (QED) is 0.575. The normalized spacial score (nSPS) is 10.6. The van der Waals surface area contributed by atoms with Crippen molar-refractivity contribution in [1.29, 1.82) is 0 Å². The predicted molar refractivity (Wildman–Crippen MR) is 61.0 cm³/mol. The molecule has 0 saturated carbocycles. The first-order valence-corrected chi connectivity index (χ1v) is 4.78. The monoisotopic (exact) mass is 205 g/mol. The molecule has 0 aromatic heterocycles. The number of aryl methyl sites for hydroxylation is 2. The van der Waals surface area contributed by atoms with Crippen LogP contribution in [0.1, 0.15) is 18.1 Å². The summed E-state index contributed by atoms with van der Waals surface area (Å²) >= 11 is 0. The molecule has 0 radical (unpaired) electrons. The minimum atomic E-state index is -0.161. The molecule has 3 heteroatoms. The highest BCUT2D eigenvalue weighted by atomic mass is 16.3. The number of carbonyl (C=O) groups excluding carboxylic acids is 1. The number of benzene rings is 1. The Bertz CT molecular complexity index is 408. The molecule has 0 atom stereocenters. The number of carbonyl (C=O) groups is 1. The lowest BCUT2D eigenvalue weighted by atomic mass is 10.1. The maximum absolute atomic E-state index is 11.3. The van der Waals surface area contributed by atoms with Crippen molar-refractivity contribution in [2.24, 2.45) is 0 Å². The van der Waals surface area contributed by atoms with Crippen molar-refractivity contribution < 1.29 is 9.90 Å². The molecule has 0 unspecified atom stereocenters. The van der Waals surface area contributed by atoms with Crippen LogP contribution >= 0.6 is 0 Å². The summed E-state index contributed by atoms with van der Waals surface area (Å²) in [6.45, 7) is 5.42. The summed E-state index contributed by atoms with van der Waals surface area (Å²) in [5.41, 5.74) is 2.32. The first-order valence-electron chi connectivity index (χ1n) is 4.78. The number of hydrogen-bond donors (Lipinski definition) is 2. The topological polar surface area (TPSA) is 49.3 Å². The molecule has 0 aliphatic heterocycles. The summed E-state index contributed by atoms with van der Waals surface area (Å²) in [4.78, 5) is 11.3. The van der Waals surface area contributed by atoms with Gasteiger partial charge in [-0.3, -0.25) is 4.79 Å². The van der Waals surface area contributed by atoms with Gasteiger partial charge in [-0.2, -0.15) is 0 Å². The van der Waals surface area contributed by atoms with Gasteiger partial charge >= 0.3 is 0 Å². The molecule has 0 spiro atoms. The number of phenolic OH excluding ortho intramolecular Hbond substituents is 1. The number of amides is 1. The summed E-state index contributed by atoms with van der Waals surface area (Å²) in [7, 11) is 0. The Morgan fingerprint density at radius 1 is 1.33 bits per heavy atom. The summed E-state index contributed by atoms with van der Waals surface area (Å²) < 4.78 is 0. The van der Waals surface area contributed by atoms with Gasteiger partial charge in [-0.05, 0) is 50.1 Å². The minimum absolute atomic E-state index is 0.161. The average Bonchev–Trinajstić information content (AvgIpc) is 2.14. The van der Waals surface area contributed by atoms with Crippen molar-refractivity contribution >= 4 is 11.6 Å². The van der Waals surface area contributed by atoms with Crippen molar-refractivity contribution in [2.45, 2.75) is 20.8 Å². The number of hydrogen-bond acceptors (Lipinski definition) is 2. The first kappa shape index (κ1) is 11.3. The molecule has 0 aliphatic carbocycles. The third-order valence-electron chi connectivity index (χ3n) is 2.12. The van der Waals surface area contributed by atoms with Crippen molar-refractivity contribution in [1.82, 2.24) is 0 Å². The van der Waals surface area contributed by atoms with Gasteiger partial charge in [-0.25, -0.2) is 0 Å². The van der Waals surface area contributed by atoms with Crippen LogP contribution in [0.3, 0.4) is 0 Å². The van der Waals surface area contributed by atoms with Crippen LogP contribution in [0, 0.1) is 13.8 Å². The number of aromatic hydroxyl groups is 1. The van der Waals surface area contributed by atoms with E-state index in [2.05, 4.69) is 5.32 Å². The molecule has 0 bridgehead atoms. The highest BCUT2D eigenvalue weighted by Gasteiger charge is 2.04. The number of allylic oxidation sites excluding steroid dienone is 1. The van der Waals surface area contributed by atoms with Gasteiger partial charge in [0.1, 0.15) is 5.75 Å². The minimum Gasteiger partial charge on any atom is -0.508 e. The highest BCUT2D eigenvalue weighted by molar-refractivity contribution is 5.99. The second-order valence-corrected chi connectivity index (χ2v) is 3.44. The van der Waals surface area contributed by atoms with Crippen LogP contribution in [0.2, 0.25) is 0 Å². The average molecular weight is 205 g/mol. The Morgan fingerprint density at radius 2 is 2.00 bits per heavy atom. The smallest absolute Gasteiger partial charge is 0.248 e. The van der Waals surface area contributed by atoms with Gasteiger partial charge in [0, 0.05) is 5.69 Å². The molecule has 1 aromatic rings. The largest absolute Gasteiger partial charge is 0.508 e. The zero-order valence-corrected chi connectivity index (χ0v) is 9.16. The zero-order valence-electron chi connectivity index (χ0n) is 9.16. The van der Waals surface area contributed by atoms with Crippen LogP contribution in [0.15, 0.2) is 24.3 Å². The lowest BCUT2D eigenvalue weighted by Crippen LogP contribution is -2.09. The van der Waals surface area contributed by atoms with Gasteiger partial charge in [0.05, 0.1) is 0 Å². The van der Waals surface area contributed by atoms with Crippen LogP contribution in [-0.4, -0.2) is 11.0 Å². The van der Waals surface area contributed by atoms with E-state index in [0.717, 1.165) is 16.8 Å². The predicted octanol–water partition coefficient (Wildman–Crippen LogP) is 2.52. The van der Waals surface area contributed by atoms with E-state index in [4.69, 9.17) is 0 Å². The van der Waals surface area contributed by atoms with Crippen LogP contribution in [0.25, 0.3) is 0 Å². The second kappa shape index (κ2) is 4.64. The number of anilines is 1. The standard InChI is InChI=1S/C12H15NO2/c1-4-5-12(15)13-10-6-9(3)11(14)7-8(10)2/h4-7,14H,1-3H3,(H,13,15)/b5-4+. The summed E-state index contributed by atoms with van der Waals surface area (Å²) in [5, 5.41) is 12.2. The van der Waals surface area contributed by atoms with Gasteiger partial charge in [-0.15, -0.1) is 0 Å². The van der Waals surface area contributed by atoms with Crippen molar-refractivity contribution in [3.8, 4) is 5.75 Å². The molecular weight excluding hydrogens is 190 g/mol. The van der Waals surface area contributed by atoms with Crippen molar-refractivity contribution in [3.05, 3.63) is 35.4 Å². The van der Waals surface area contributed by atoms with E-state index in [1.54, 1.807) is 32.1 Å². The molecule has 15 heavy (non-hydrogen) atoms. The SMILES string of the molecule is C/C=C/C(=O)Nc1cc(C)c(O)cc1C. The highest BCUT2D eigenvalue weighted by Crippen LogP contribution is 2.24. The van der Waals surface area contributed by atoms with Crippen LogP contribution in [0.4, 0.5) is 5.69 Å². The second-order valence-electron chi connectivity index (χ2n) is 3.44. The van der Waals surface area contributed by atoms with Gasteiger partial charge in [-0.1, -0.05) is 6.08 Å². The van der Waals surface area contributed by atoms with E-state index in [9.17, 15) is 9.90 Å². The van der Waals surface area contributed by atoms with Gasteiger partial charge < -0.3 is 10.4 Å². The Labute approximate surface area is 89.4 Å². The van der Waals surface area contributed by atoms with Crippen LogP contribution in [0.5, 0.6) is 5.75 Å². The zero-order chi connectivity index (χ0) is 11.4. The van der Waals surface area contributed by atoms with E-state index in [1.807, 2.05) is 6.92 Å². The lowest BCUT2D eigenvalue weighted by molar-refractivity contribution is -0.111. The molecule has 80 valence electrons. The molecule has 3 nitrogen and oxygen atoms in total. The Kier molecular flexibility index (Phi) is 3.50. The maximum atomic E-state index is 11.3.